The minimum Gasteiger partial charge on any atom is -0.496 e. The van der Waals surface area contributed by atoms with E-state index < -0.39 is 0 Å². The highest BCUT2D eigenvalue weighted by Crippen LogP contribution is 2.24. The van der Waals surface area contributed by atoms with E-state index in [9.17, 15) is 4.79 Å². The molecule has 0 saturated carbocycles. The van der Waals surface area contributed by atoms with Crippen LogP contribution in [0, 0.1) is 0 Å². The fourth-order valence-electron chi connectivity index (χ4n) is 2.48. The van der Waals surface area contributed by atoms with Crippen molar-refractivity contribution >= 4 is 11.6 Å². The number of nitrogens with zero attached hydrogens (tertiary/aromatic N) is 1. The molecule has 1 aromatic rings. The zero-order chi connectivity index (χ0) is 14.4. The van der Waals surface area contributed by atoms with Crippen LogP contribution in [-0.2, 0) is 11.3 Å². The number of ether oxygens (including phenoxy) is 1. The van der Waals surface area contributed by atoms with Gasteiger partial charge in [-0.15, -0.1) is 0 Å². The number of hydrogen-bond acceptors (Lipinski definition) is 4. The second-order valence-electron chi connectivity index (χ2n) is 5.09. The Bertz CT molecular complexity index is 454. The van der Waals surface area contributed by atoms with Crippen LogP contribution in [0.3, 0.4) is 0 Å². The highest BCUT2D eigenvalue weighted by molar-refractivity contribution is 5.88. The first kappa shape index (κ1) is 14.8. The first-order valence-corrected chi connectivity index (χ1v) is 7.06. The standard InChI is InChI=1S/C15H23N3O2/c1-12(19)17-14-4-5-15(20-2)13(10-14)11-18-8-3-6-16-7-9-18/h4-5,10,16H,3,6-9,11H2,1-2H3,(H,17,19). The second-order valence-corrected chi connectivity index (χ2v) is 5.09. The van der Waals surface area contributed by atoms with Crippen LogP contribution in [0.25, 0.3) is 0 Å². The molecule has 1 fully saturated rings. The van der Waals surface area contributed by atoms with Gasteiger partial charge in [0, 0.05) is 37.8 Å². The smallest absolute Gasteiger partial charge is 0.221 e. The summed E-state index contributed by atoms with van der Waals surface area (Å²) in [7, 11) is 1.68. The maximum Gasteiger partial charge on any atom is 0.221 e. The lowest BCUT2D eigenvalue weighted by Gasteiger charge is -2.21. The van der Waals surface area contributed by atoms with Crippen LogP contribution in [0.5, 0.6) is 5.75 Å². The number of anilines is 1. The van der Waals surface area contributed by atoms with Gasteiger partial charge >= 0.3 is 0 Å². The van der Waals surface area contributed by atoms with E-state index in [0.717, 1.165) is 56.1 Å². The van der Waals surface area contributed by atoms with E-state index >= 15 is 0 Å². The van der Waals surface area contributed by atoms with Crippen molar-refractivity contribution in [2.24, 2.45) is 0 Å². The molecular weight excluding hydrogens is 254 g/mol. The van der Waals surface area contributed by atoms with Crippen molar-refractivity contribution in [2.45, 2.75) is 19.9 Å². The Labute approximate surface area is 120 Å². The molecule has 0 atom stereocenters. The van der Waals surface area contributed by atoms with Crippen molar-refractivity contribution < 1.29 is 9.53 Å². The Hall–Kier alpha value is -1.59. The molecule has 0 unspecified atom stereocenters. The number of methoxy groups -OCH3 is 1. The summed E-state index contributed by atoms with van der Waals surface area (Å²) in [6, 6.07) is 5.78. The molecule has 110 valence electrons. The third-order valence-corrected chi connectivity index (χ3v) is 3.43. The molecule has 1 aromatic carbocycles. The van der Waals surface area contributed by atoms with Crippen LogP contribution in [0.4, 0.5) is 5.69 Å². The lowest BCUT2D eigenvalue weighted by molar-refractivity contribution is -0.114. The average molecular weight is 277 g/mol. The Morgan fingerprint density at radius 2 is 2.25 bits per heavy atom. The van der Waals surface area contributed by atoms with Crippen LogP contribution in [0.1, 0.15) is 18.9 Å². The van der Waals surface area contributed by atoms with Crippen molar-refractivity contribution in [3.05, 3.63) is 23.8 Å². The number of nitrogens with one attached hydrogen (secondary N) is 2. The zero-order valence-corrected chi connectivity index (χ0v) is 12.2. The molecule has 1 amide bonds. The summed E-state index contributed by atoms with van der Waals surface area (Å²) >= 11 is 0. The van der Waals surface area contributed by atoms with Crippen molar-refractivity contribution in [3.63, 3.8) is 0 Å². The molecular formula is C15H23N3O2. The normalized spacial score (nSPS) is 16.5. The fraction of sp³-hybridized carbons (Fsp3) is 0.533. The monoisotopic (exact) mass is 277 g/mol. The van der Waals surface area contributed by atoms with Gasteiger partial charge in [-0.2, -0.15) is 0 Å². The molecule has 0 radical (unpaired) electrons. The average Bonchev–Trinajstić information content (AvgIpc) is 2.67. The van der Waals surface area contributed by atoms with Gasteiger partial charge in [0.2, 0.25) is 5.91 Å². The fourth-order valence-corrected chi connectivity index (χ4v) is 2.48. The van der Waals surface area contributed by atoms with Crippen molar-refractivity contribution in [1.82, 2.24) is 10.2 Å². The molecule has 0 aliphatic carbocycles. The van der Waals surface area contributed by atoms with Crippen LogP contribution in [0.2, 0.25) is 0 Å². The molecule has 1 aliphatic heterocycles. The van der Waals surface area contributed by atoms with E-state index in [1.807, 2.05) is 18.2 Å². The third kappa shape index (κ3) is 4.21. The van der Waals surface area contributed by atoms with Crippen LogP contribution in [0.15, 0.2) is 18.2 Å². The predicted octanol–water partition coefficient (Wildman–Crippen LogP) is 1.45. The maximum absolute atomic E-state index is 11.2. The van der Waals surface area contributed by atoms with Gasteiger partial charge in [0.15, 0.2) is 0 Å². The SMILES string of the molecule is COc1ccc(NC(C)=O)cc1CN1CCCNCC1. The molecule has 1 heterocycles. The summed E-state index contributed by atoms with van der Waals surface area (Å²) in [5, 5.41) is 6.22. The summed E-state index contributed by atoms with van der Waals surface area (Å²) in [5.74, 6) is 0.816. The van der Waals surface area contributed by atoms with E-state index in [1.165, 1.54) is 6.92 Å². The van der Waals surface area contributed by atoms with E-state index in [-0.39, 0.29) is 5.91 Å². The molecule has 0 aromatic heterocycles. The number of rotatable bonds is 4. The first-order valence-electron chi connectivity index (χ1n) is 7.06. The third-order valence-electron chi connectivity index (χ3n) is 3.43. The lowest BCUT2D eigenvalue weighted by atomic mass is 10.1. The van der Waals surface area contributed by atoms with Gasteiger partial charge in [-0.1, -0.05) is 0 Å². The first-order chi connectivity index (χ1) is 9.69. The molecule has 0 bridgehead atoms. The van der Waals surface area contributed by atoms with E-state index in [4.69, 9.17) is 4.74 Å². The Balaban J connectivity index is 2.12. The topological polar surface area (TPSA) is 53.6 Å². The van der Waals surface area contributed by atoms with Crippen LogP contribution >= 0.6 is 0 Å². The minimum absolute atomic E-state index is 0.0555. The molecule has 20 heavy (non-hydrogen) atoms. The second kappa shape index (κ2) is 7.26. The van der Waals surface area contributed by atoms with Crippen molar-refractivity contribution in [3.8, 4) is 5.75 Å². The lowest BCUT2D eigenvalue weighted by Crippen LogP contribution is -2.27. The van der Waals surface area contributed by atoms with Gasteiger partial charge in [-0.3, -0.25) is 9.69 Å². The molecule has 1 aliphatic rings. The molecule has 0 spiro atoms. The largest absolute Gasteiger partial charge is 0.496 e. The number of hydrogen-bond donors (Lipinski definition) is 2. The van der Waals surface area contributed by atoms with Gasteiger partial charge in [0.05, 0.1) is 7.11 Å². The summed E-state index contributed by atoms with van der Waals surface area (Å²) in [6.45, 7) is 6.59. The van der Waals surface area contributed by atoms with Crippen LogP contribution < -0.4 is 15.4 Å². The quantitative estimate of drug-likeness (QED) is 0.874. The molecule has 2 N–H and O–H groups in total. The summed E-state index contributed by atoms with van der Waals surface area (Å²) in [6.07, 6.45) is 1.16. The van der Waals surface area contributed by atoms with Crippen molar-refractivity contribution in [1.29, 1.82) is 0 Å². The van der Waals surface area contributed by atoms with Crippen LogP contribution in [-0.4, -0.2) is 44.1 Å². The molecule has 1 saturated heterocycles. The predicted molar refractivity (Wildman–Crippen MR) is 80.1 cm³/mol. The summed E-state index contributed by atoms with van der Waals surface area (Å²) < 4.78 is 5.42. The Morgan fingerprint density at radius 3 is 3.00 bits per heavy atom. The number of benzene rings is 1. The highest BCUT2D eigenvalue weighted by atomic mass is 16.5. The van der Waals surface area contributed by atoms with E-state index in [0.29, 0.717) is 0 Å². The zero-order valence-electron chi connectivity index (χ0n) is 12.2. The summed E-state index contributed by atoms with van der Waals surface area (Å²) in [5.41, 5.74) is 1.93. The number of carbonyl (C=O) groups excluding carboxylic acids is 1. The Morgan fingerprint density at radius 1 is 1.40 bits per heavy atom. The maximum atomic E-state index is 11.2. The van der Waals surface area contributed by atoms with E-state index in [1.54, 1.807) is 7.11 Å². The van der Waals surface area contributed by atoms with Gasteiger partial charge < -0.3 is 15.4 Å². The van der Waals surface area contributed by atoms with E-state index in [2.05, 4.69) is 15.5 Å². The highest BCUT2D eigenvalue weighted by Gasteiger charge is 2.12. The molecule has 5 heteroatoms. The Kier molecular flexibility index (Phi) is 5.38. The van der Waals surface area contributed by atoms with Gasteiger partial charge in [0.1, 0.15) is 5.75 Å². The molecule has 5 nitrogen and oxygen atoms in total. The van der Waals surface area contributed by atoms with Crippen molar-refractivity contribution in [2.75, 3.05) is 38.6 Å². The van der Waals surface area contributed by atoms with Gasteiger partial charge in [-0.05, 0) is 37.7 Å². The molecule has 2 rings (SSSR count). The number of carbonyl (C=O) groups is 1. The summed E-state index contributed by atoms with van der Waals surface area (Å²) in [4.78, 5) is 13.6. The minimum atomic E-state index is -0.0555. The van der Waals surface area contributed by atoms with Gasteiger partial charge in [-0.25, -0.2) is 0 Å². The van der Waals surface area contributed by atoms with Gasteiger partial charge in [0.25, 0.3) is 0 Å². The number of amides is 1.